The molecule has 0 spiro atoms. The van der Waals surface area contributed by atoms with Crippen LogP contribution in [0.1, 0.15) is 16.7 Å². The highest BCUT2D eigenvalue weighted by atomic mass is 16.4. The molecule has 0 saturated heterocycles. The van der Waals surface area contributed by atoms with Gasteiger partial charge in [-0.05, 0) is 29.2 Å². The van der Waals surface area contributed by atoms with Crippen molar-refractivity contribution in [2.75, 3.05) is 6.61 Å². The minimum Gasteiger partial charge on any atom is -0.480 e. The summed E-state index contributed by atoms with van der Waals surface area (Å²) in [7, 11) is 0. The summed E-state index contributed by atoms with van der Waals surface area (Å²) in [5.74, 6) is -3.40. The standard InChI is InChI=1S/C32H35N5O6/c33-24(17-22-18-34-25-14-8-7-13-23(22)25)29(39)35-26(15-20-9-3-1-4-10-20)30(40)36-27(16-21-11-5-2-6-12-21)31(41)37-28(19-38)32(42)43/h1-14,18,24,26-28,34,38H,15-17,19,33H2,(H,35,39)(H,36,40)(H,37,41)(H,42,43). The predicted octanol–water partition coefficient (Wildman–Crippen LogP) is 1.05. The smallest absolute Gasteiger partial charge is 0.328 e. The number of amides is 3. The molecule has 11 nitrogen and oxygen atoms in total. The first-order valence-corrected chi connectivity index (χ1v) is 13.9. The van der Waals surface area contributed by atoms with Crippen molar-refractivity contribution in [1.29, 1.82) is 0 Å². The van der Waals surface area contributed by atoms with Gasteiger partial charge in [0.1, 0.15) is 18.1 Å². The number of nitrogens with one attached hydrogen (secondary N) is 4. The largest absolute Gasteiger partial charge is 0.480 e. The van der Waals surface area contributed by atoms with E-state index in [1.54, 1.807) is 48.7 Å². The van der Waals surface area contributed by atoms with Crippen LogP contribution < -0.4 is 21.7 Å². The summed E-state index contributed by atoms with van der Waals surface area (Å²) in [4.78, 5) is 54.7. The number of aromatic amines is 1. The third-order valence-corrected chi connectivity index (χ3v) is 7.08. The van der Waals surface area contributed by atoms with Crippen molar-refractivity contribution in [1.82, 2.24) is 20.9 Å². The molecule has 0 radical (unpaired) electrons. The number of aliphatic carboxylic acids is 1. The van der Waals surface area contributed by atoms with Gasteiger partial charge in [-0.25, -0.2) is 4.79 Å². The van der Waals surface area contributed by atoms with E-state index in [-0.39, 0.29) is 19.3 Å². The first-order chi connectivity index (χ1) is 20.7. The molecule has 4 aromatic rings. The van der Waals surface area contributed by atoms with Crippen molar-refractivity contribution in [2.24, 2.45) is 5.73 Å². The number of nitrogens with two attached hydrogens (primary N) is 1. The van der Waals surface area contributed by atoms with E-state index in [9.17, 15) is 29.4 Å². The van der Waals surface area contributed by atoms with Gasteiger partial charge in [-0.1, -0.05) is 78.9 Å². The zero-order chi connectivity index (χ0) is 30.8. The topological polar surface area (TPSA) is 187 Å². The van der Waals surface area contributed by atoms with Crippen LogP contribution in [0, 0.1) is 0 Å². The van der Waals surface area contributed by atoms with Crippen molar-refractivity contribution < 1.29 is 29.4 Å². The minimum absolute atomic E-state index is 0.0439. The molecule has 0 fully saturated rings. The molecule has 224 valence electrons. The molecule has 1 heterocycles. The summed E-state index contributed by atoms with van der Waals surface area (Å²) in [6.07, 6.45) is 2.19. The van der Waals surface area contributed by atoms with Crippen LogP contribution in [0.5, 0.6) is 0 Å². The van der Waals surface area contributed by atoms with Crippen LogP contribution in [0.2, 0.25) is 0 Å². The number of aliphatic hydroxyl groups excluding tert-OH is 1. The monoisotopic (exact) mass is 585 g/mol. The van der Waals surface area contributed by atoms with E-state index in [1.165, 1.54) is 0 Å². The predicted molar refractivity (Wildman–Crippen MR) is 161 cm³/mol. The number of carboxylic acids is 1. The van der Waals surface area contributed by atoms with Crippen molar-refractivity contribution in [3.8, 4) is 0 Å². The lowest BCUT2D eigenvalue weighted by Gasteiger charge is -2.25. The Morgan fingerprint density at radius 3 is 1.70 bits per heavy atom. The van der Waals surface area contributed by atoms with Gasteiger partial charge >= 0.3 is 5.97 Å². The fraction of sp³-hybridized carbons (Fsp3) is 0.250. The number of fused-ring (bicyclic) bond motifs is 1. The maximum Gasteiger partial charge on any atom is 0.328 e. The number of rotatable bonds is 14. The molecule has 1 aromatic heterocycles. The molecular formula is C32H35N5O6. The molecule has 3 amide bonds. The van der Waals surface area contributed by atoms with Crippen molar-refractivity contribution in [3.63, 3.8) is 0 Å². The number of aliphatic hydroxyl groups is 1. The maximum absolute atomic E-state index is 13.7. The van der Waals surface area contributed by atoms with Gasteiger partial charge in [-0.3, -0.25) is 14.4 Å². The molecule has 0 aliphatic rings. The lowest BCUT2D eigenvalue weighted by atomic mass is 10.0. The Hall–Kier alpha value is -5.00. The molecule has 4 rings (SSSR count). The van der Waals surface area contributed by atoms with E-state index in [4.69, 9.17) is 5.73 Å². The fourth-order valence-electron chi connectivity index (χ4n) is 4.76. The Bertz CT molecular complexity index is 1540. The van der Waals surface area contributed by atoms with Crippen LogP contribution in [-0.2, 0) is 38.4 Å². The molecular weight excluding hydrogens is 550 g/mol. The second-order valence-electron chi connectivity index (χ2n) is 10.3. The van der Waals surface area contributed by atoms with Crippen LogP contribution in [0.4, 0.5) is 0 Å². The molecule has 8 N–H and O–H groups in total. The average Bonchev–Trinajstić information content (AvgIpc) is 3.42. The fourth-order valence-corrected chi connectivity index (χ4v) is 4.76. The Morgan fingerprint density at radius 2 is 1.16 bits per heavy atom. The molecule has 11 heteroatoms. The number of carbonyl (C=O) groups excluding carboxylic acids is 3. The van der Waals surface area contributed by atoms with Gasteiger partial charge in [0.05, 0.1) is 12.6 Å². The summed E-state index contributed by atoms with van der Waals surface area (Å²) in [6.45, 7) is -0.825. The zero-order valence-corrected chi connectivity index (χ0v) is 23.4. The van der Waals surface area contributed by atoms with Gasteiger partial charge in [0.2, 0.25) is 17.7 Å². The number of para-hydroxylation sites is 1. The molecule has 43 heavy (non-hydrogen) atoms. The van der Waals surface area contributed by atoms with E-state index in [2.05, 4.69) is 20.9 Å². The van der Waals surface area contributed by atoms with Crippen LogP contribution in [0.3, 0.4) is 0 Å². The number of H-pyrrole nitrogens is 1. The quantitative estimate of drug-likeness (QED) is 0.115. The second kappa shape index (κ2) is 14.8. The van der Waals surface area contributed by atoms with E-state index in [0.29, 0.717) is 5.56 Å². The minimum atomic E-state index is -1.55. The molecule has 4 atom stereocenters. The van der Waals surface area contributed by atoms with Crippen molar-refractivity contribution in [3.05, 3.63) is 108 Å². The Labute approximate surface area is 248 Å². The highest BCUT2D eigenvalue weighted by Gasteiger charge is 2.30. The molecule has 0 aliphatic heterocycles. The van der Waals surface area contributed by atoms with Gasteiger partial charge in [0.15, 0.2) is 0 Å². The molecule has 3 aromatic carbocycles. The number of carbonyl (C=O) groups is 4. The average molecular weight is 586 g/mol. The Kier molecular flexibility index (Phi) is 10.6. The molecule has 0 bridgehead atoms. The van der Waals surface area contributed by atoms with Crippen LogP contribution in [-0.4, -0.2) is 69.7 Å². The van der Waals surface area contributed by atoms with E-state index in [1.807, 2.05) is 42.5 Å². The third kappa shape index (κ3) is 8.51. The summed E-state index contributed by atoms with van der Waals surface area (Å²) in [5, 5.41) is 27.4. The zero-order valence-electron chi connectivity index (χ0n) is 23.4. The highest BCUT2D eigenvalue weighted by molar-refractivity contribution is 5.94. The SMILES string of the molecule is NC(Cc1c[nH]c2ccccc12)C(=O)NC(Cc1ccccc1)C(=O)NC(Cc1ccccc1)C(=O)NC(CO)C(=O)O. The number of aromatic nitrogens is 1. The summed E-state index contributed by atoms with van der Waals surface area (Å²) in [6, 6.07) is 20.8. The van der Waals surface area contributed by atoms with Gasteiger partial charge in [-0.15, -0.1) is 0 Å². The lowest BCUT2D eigenvalue weighted by molar-refractivity contribution is -0.143. The maximum atomic E-state index is 13.7. The lowest BCUT2D eigenvalue weighted by Crippen LogP contribution is -2.58. The van der Waals surface area contributed by atoms with Gasteiger partial charge in [-0.2, -0.15) is 0 Å². The van der Waals surface area contributed by atoms with Crippen molar-refractivity contribution in [2.45, 2.75) is 43.4 Å². The van der Waals surface area contributed by atoms with Crippen LogP contribution in [0.25, 0.3) is 10.9 Å². The van der Waals surface area contributed by atoms with E-state index in [0.717, 1.165) is 22.0 Å². The van der Waals surface area contributed by atoms with Gasteiger partial charge in [0, 0.05) is 29.9 Å². The van der Waals surface area contributed by atoms with Crippen molar-refractivity contribution >= 4 is 34.6 Å². The number of hydrogen-bond acceptors (Lipinski definition) is 6. The number of benzene rings is 3. The third-order valence-electron chi connectivity index (χ3n) is 7.08. The van der Waals surface area contributed by atoms with Gasteiger partial charge < -0.3 is 36.9 Å². The van der Waals surface area contributed by atoms with Crippen LogP contribution >= 0.6 is 0 Å². The summed E-state index contributed by atoms with van der Waals surface area (Å²) in [5.41, 5.74) is 9.55. The van der Waals surface area contributed by atoms with E-state index >= 15 is 0 Å². The van der Waals surface area contributed by atoms with Crippen LogP contribution in [0.15, 0.2) is 91.1 Å². The second-order valence-corrected chi connectivity index (χ2v) is 10.3. The first-order valence-electron chi connectivity index (χ1n) is 13.9. The Morgan fingerprint density at radius 1 is 0.674 bits per heavy atom. The summed E-state index contributed by atoms with van der Waals surface area (Å²) < 4.78 is 0. The molecule has 0 saturated carbocycles. The first kappa shape index (κ1) is 30.9. The summed E-state index contributed by atoms with van der Waals surface area (Å²) >= 11 is 0. The van der Waals surface area contributed by atoms with E-state index < -0.39 is 54.5 Å². The van der Waals surface area contributed by atoms with Gasteiger partial charge in [0.25, 0.3) is 0 Å². The number of hydrogen-bond donors (Lipinski definition) is 7. The molecule has 4 unspecified atom stereocenters. The number of carboxylic acid groups (broad SMARTS) is 1. The normalized spacial score (nSPS) is 13.8. The highest BCUT2D eigenvalue weighted by Crippen LogP contribution is 2.19. The Balaban J connectivity index is 1.53. The molecule has 0 aliphatic carbocycles.